The lowest BCUT2D eigenvalue weighted by Crippen LogP contribution is -2.32. The fraction of sp³-hybridized carbons (Fsp3) is 0.267. The van der Waals surface area contributed by atoms with Crippen LogP contribution in [-0.2, 0) is 9.59 Å². The highest BCUT2D eigenvalue weighted by Crippen LogP contribution is 2.28. The van der Waals surface area contributed by atoms with Gasteiger partial charge in [0.15, 0.2) is 0 Å². The summed E-state index contributed by atoms with van der Waals surface area (Å²) in [5.74, 6) is -1.44. The van der Waals surface area contributed by atoms with Crippen LogP contribution in [0.1, 0.15) is 29.4 Å². The van der Waals surface area contributed by atoms with Crippen LogP contribution in [-0.4, -0.2) is 29.4 Å². The van der Waals surface area contributed by atoms with Crippen LogP contribution >= 0.6 is 11.3 Å². The van der Waals surface area contributed by atoms with Crippen molar-refractivity contribution in [1.82, 2.24) is 5.32 Å². The standard InChI is InChI=1S/C15H16N2O4S/c1-2-3-13(18)16-8-14(19)17-10-4-5-11-9(6-10)7-12(22-11)15(20)21/h4-7H,2-3,8H2,1H3,(H,16,18)(H,17,19)(H,20,21). The zero-order valence-electron chi connectivity index (χ0n) is 12.0. The molecule has 6 nitrogen and oxygen atoms in total. The Balaban J connectivity index is 2.00. The molecule has 0 aliphatic rings. The number of anilines is 1. The summed E-state index contributed by atoms with van der Waals surface area (Å²) in [5, 5.41) is 14.9. The first-order chi connectivity index (χ1) is 10.5. The van der Waals surface area contributed by atoms with Gasteiger partial charge in [0.1, 0.15) is 4.88 Å². The number of carbonyl (C=O) groups excluding carboxylic acids is 2. The maximum absolute atomic E-state index is 11.8. The number of aromatic carboxylic acids is 1. The number of carboxylic acid groups (broad SMARTS) is 1. The predicted octanol–water partition coefficient (Wildman–Crippen LogP) is 2.45. The van der Waals surface area contributed by atoms with Crippen molar-refractivity contribution >= 4 is 44.9 Å². The van der Waals surface area contributed by atoms with Gasteiger partial charge in [-0.3, -0.25) is 9.59 Å². The van der Waals surface area contributed by atoms with Crippen molar-refractivity contribution in [2.45, 2.75) is 19.8 Å². The molecule has 1 aromatic carbocycles. The Hall–Kier alpha value is -2.41. The number of benzene rings is 1. The molecule has 0 saturated carbocycles. The van der Waals surface area contributed by atoms with Crippen molar-refractivity contribution in [1.29, 1.82) is 0 Å². The highest BCUT2D eigenvalue weighted by Gasteiger charge is 2.10. The lowest BCUT2D eigenvalue weighted by molar-refractivity contribution is -0.124. The SMILES string of the molecule is CCCC(=O)NCC(=O)Nc1ccc2sc(C(=O)O)cc2c1. The molecule has 7 heteroatoms. The minimum atomic E-state index is -0.967. The van der Waals surface area contributed by atoms with Gasteiger partial charge in [0, 0.05) is 16.8 Å². The van der Waals surface area contributed by atoms with E-state index in [1.165, 1.54) is 11.3 Å². The number of thiophene rings is 1. The Morgan fingerprint density at radius 1 is 1.18 bits per heavy atom. The third-order valence-corrected chi connectivity index (χ3v) is 4.04. The van der Waals surface area contributed by atoms with E-state index in [-0.39, 0.29) is 23.2 Å². The monoisotopic (exact) mass is 320 g/mol. The van der Waals surface area contributed by atoms with Crippen LogP contribution < -0.4 is 10.6 Å². The van der Waals surface area contributed by atoms with Crippen LogP contribution in [0.5, 0.6) is 0 Å². The second-order valence-electron chi connectivity index (χ2n) is 4.74. The van der Waals surface area contributed by atoms with E-state index in [1.54, 1.807) is 24.3 Å². The van der Waals surface area contributed by atoms with Crippen LogP contribution in [0.4, 0.5) is 5.69 Å². The van der Waals surface area contributed by atoms with Gasteiger partial charge >= 0.3 is 5.97 Å². The van der Waals surface area contributed by atoms with E-state index >= 15 is 0 Å². The molecule has 0 unspecified atom stereocenters. The summed E-state index contributed by atoms with van der Waals surface area (Å²) in [7, 11) is 0. The lowest BCUT2D eigenvalue weighted by atomic mass is 10.2. The van der Waals surface area contributed by atoms with Crippen molar-refractivity contribution in [2.24, 2.45) is 0 Å². The summed E-state index contributed by atoms with van der Waals surface area (Å²) < 4.78 is 0.839. The topological polar surface area (TPSA) is 95.5 Å². The number of rotatable bonds is 6. The predicted molar refractivity (Wildman–Crippen MR) is 85.3 cm³/mol. The van der Waals surface area contributed by atoms with Crippen molar-refractivity contribution in [2.75, 3.05) is 11.9 Å². The van der Waals surface area contributed by atoms with Gasteiger partial charge in [-0.15, -0.1) is 11.3 Å². The van der Waals surface area contributed by atoms with Gasteiger partial charge in [-0.1, -0.05) is 6.92 Å². The van der Waals surface area contributed by atoms with Crippen molar-refractivity contribution in [3.05, 3.63) is 29.1 Å². The van der Waals surface area contributed by atoms with Crippen LogP contribution in [0.15, 0.2) is 24.3 Å². The van der Waals surface area contributed by atoms with Gasteiger partial charge in [-0.2, -0.15) is 0 Å². The molecule has 2 aromatic rings. The van der Waals surface area contributed by atoms with Crippen molar-refractivity contribution in [3.63, 3.8) is 0 Å². The Labute approximate surface area is 131 Å². The van der Waals surface area contributed by atoms with E-state index in [0.29, 0.717) is 12.1 Å². The number of carbonyl (C=O) groups is 3. The van der Waals surface area contributed by atoms with E-state index in [4.69, 9.17) is 5.11 Å². The molecule has 0 atom stereocenters. The zero-order chi connectivity index (χ0) is 16.1. The summed E-state index contributed by atoms with van der Waals surface area (Å²) >= 11 is 1.18. The number of hydrogen-bond acceptors (Lipinski definition) is 4. The summed E-state index contributed by atoms with van der Waals surface area (Å²) in [6.45, 7) is 1.81. The lowest BCUT2D eigenvalue weighted by Gasteiger charge is -2.06. The molecule has 0 bridgehead atoms. The maximum atomic E-state index is 11.8. The molecule has 0 aliphatic carbocycles. The second kappa shape index (κ2) is 7.04. The van der Waals surface area contributed by atoms with Crippen LogP contribution in [0.2, 0.25) is 0 Å². The average Bonchev–Trinajstić information content (AvgIpc) is 2.89. The zero-order valence-corrected chi connectivity index (χ0v) is 12.8. The molecule has 3 N–H and O–H groups in total. The minimum Gasteiger partial charge on any atom is -0.477 e. The Morgan fingerprint density at radius 3 is 2.64 bits per heavy atom. The first-order valence-corrected chi connectivity index (χ1v) is 7.64. The first-order valence-electron chi connectivity index (χ1n) is 6.83. The molecule has 2 amide bonds. The molecular formula is C15H16N2O4S. The minimum absolute atomic E-state index is 0.0825. The van der Waals surface area contributed by atoms with E-state index < -0.39 is 5.97 Å². The maximum Gasteiger partial charge on any atom is 0.345 e. The van der Waals surface area contributed by atoms with E-state index in [1.807, 2.05) is 6.92 Å². The quantitative estimate of drug-likeness (QED) is 0.762. The van der Waals surface area contributed by atoms with Crippen molar-refractivity contribution < 1.29 is 19.5 Å². The second-order valence-corrected chi connectivity index (χ2v) is 5.83. The van der Waals surface area contributed by atoms with Crippen LogP contribution in [0.25, 0.3) is 10.1 Å². The average molecular weight is 320 g/mol. The molecule has 1 heterocycles. The van der Waals surface area contributed by atoms with Gasteiger partial charge in [-0.25, -0.2) is 4.79 Å². The first kappa shape index (κ1) is 16.0. The fourth-order valence-corrected chi connectivity index (χ4v) is 2.81. The number of amides is 2. The van der Waals surface area contributed by atoms with Crippen LogP contribution in [0.3, 0.4) is 0 Å². The summed E-state index contributed by atoms with van der Waals surface area (Å²) in [6.07, 6.45) is 1.13. The van der Waals surface area contributed by atoms with Gasteiger partial charge in [0.2, 0.25) is 11.8 Å². The number of carboxylic acids is 1. The Morgan fingerprint density at radius 2 is 1.95 bits per heavy atom. The van der Waals surface area contributed by atoms with Gasteiger partial charge in [0.25, 0.3) is 0 Å². The van der Waals surface area contributed by atoms with Gasteiger partial charge in [-0.05, 0) is 36.1 Å². The highest BCUT2D eigenvalue weighted by atomic mass is 32.1. The van der Waals surface area contributed by atoms with E-state index in [0.717, 1.165) is 16.5 Å². The van der Waals surface area contributed by atoms with E-state index in [2.05, 4.69) is 10.6 Å². The fourth-order valence-electron chi connectivity index (χ4n) is 1.93. The normalized spacial score (nSPS) is 10.4. The summed E-state index contributed by atoms with van der Waals surface area (Å²) in [4.78, 5) is 34.2. The Kier molecular flexibility index (Phi) is 5.11. The van der Waals surface area contributed by atoms with Gasteiger partial charge in [0.05, 0.1) is 6.54 Å². The molecule has 0 spiro atoms. The molecule has 2 rings (SSSR count). The third kappa shape index (κ3) is 4.05. The highest BCUT2D eigenvalue weighted by molar-refractivity contribution is 7.20. The molecule has 0 aliphatic heterocycles. The smallest absolute Gasteiger partial charge is 0.345 e. The molecule has 1 aromatic heterocycles. The molecule has 0 saturated heterocycles. The molecule has 0 radical (unpaired) electrons. The summed E-state index contributed by atoms with van der Waals surface area (Å²) in [6, 6.07) is 6.75. The van der Waals surface area contributed by atoms with Gasteiger partial charge < -0.3 is 15.7 Å². The number of fused-ring (bicyclic) bond motifs is 1. The Bertz CT molecular complexity index is 723. The molecule has 22 heavy (non-hydrogen) atoms. The largest absolute Gasteiger partial charge is 0.477 e. The number of hydrogen-bond donors (Lipinski definition) is 3. The molecule has 0 fully saturated rings. The third-order valence-electron chi connectivity index (χ3n) is 2.93. The summed E-state index contributed by atoms with van der Waals surface area (Å²) in [5.41, 5.74) is 0.567. The molecular weight excluding hydrogens is 304 g/mol. The van der Waals surface area contributed by atoms with E-state index in [9.17, 15) is 14.4 Å². The molecule has 116 valence electrons. The van der Waals surface area contributed by atoms with Crippen LogP contribution in [0, 0.1) is 0 Å². The van der Waals surface area contributed by atoms with Crippen molar-refractivity contribution in [3.8, 4) is 0 Å². The number of nitrogens with one attached hydrogen (secondary N) is 2.